The Hall–Kier alpha value is -1.09. The Morgan fingerprint density at radius 2 is 1.64 bits per heavy atom. The summed E-state index contributed by atoms with van der Waals surface area (Å²) < 4.78 is 6.87. The van der Waals surface area contributed by atoms with E-state index in [0.717, 1.165) is 0 Å². The van der Waals surface area contributed by atoms with E-state index >= 15 is 0 Å². The summed E-state index contributed by atoms with van der Waals surface area (Å²) >= 11 is -3.38. The molecule has 0 radical (unpaired) electrons. The minimum absolute atomic E-state index is 0.0476. The maximum atomic E-state index is 6.53. The van der Waals surface area contributed by atoms with Crippen LogP contribution in [0.25, 0.3) is 16.8 Å². The molecule has 0 fully saturated rings. The van der Waals surface area contributed by atoms with E-state index in [4.69, 9.17) is 22.8 Å². The van der Waals surface area contributed by atoms with Crippen LogP contribution < -0.4 is 4.22 Å². The molecule has 28 heavy (non-hydrogen) atoms. The topological polar surface area (TPSA) is 26.0 Å². The molecule has 1 nitrogen and oxygen atoms in total. The van der Waals surface area contributed by atoms with Crippen LogP contribution in [0.4, 0.5) is 0 Å². The molecule has 3 aromatic rings. The van der Waals surface area contributed by atoms with Crippen molar-refractivity contribution in [3.63, 3.8) is 0 Å². The van der Waals surface area contributed by atoms with Crippen molar-refractivity contribution in [3.05, 3.63) is 88.5 Å². The third-order valence-corrected chi connectivity index (χ3v) is 7.88. The summed E-state index contributed by atoms with van der Waals surface area (Å²) in [7, 11) is 13.1. The molecule has 1 aliphatic carbocycles. The second-order valence-electron chi connectivity index (χ2n) is 8.69. The van der Waals surface area contributed by atoms with E-state index in [1.165, 1.54) is 38.6 Å². The Labute approximate surface area is 179 Å². The number of allylic oxidation sites excluding steroid dienone is 1. The maximum absolute atomic E-state index is 6.53. The molecule has 0 aliphatic heterocycles. The van der Waals surface area contributed by atoms with Gasteiger partial charge in [-0.3, -0.25) is 0 Å². The molecule has 0 aromatic heterocycles. The number of hydrogen-bond acceptors (Lipinski definition) is 1. The SMILES string of the molecule is CC(C)(C)c1c([CH2][Ti]([NH2])([Cl])[Cl])c(C2C=Cc3ccccc32)cc2ccccc12. The van der Waals surface area contributed by atoms with Crippen molar-refractivity contribution in [1.29, 1.82) is 0 Å². The number of rotatable bonds is 3. The number of hydrogen-bond donors (Lipinski definition) is 1. The monoisotopic (exact) mass is 445 g/mol. The normalized spacial score (nSPS) is 16.6. The van der Waals surface area contributed by atoms with Crippen molar-refractivity contribution in [1.82, 2.24) is 0 Å². The Kier molecular flexibility index (Phi) is 5.27. The molecule has 0 spiro atoms. The molecule has 2 N–H and O–H groups in total. The summed E-state index contributed by atoms with van der Waals surface area (Å²) in [5, 5.41) is 2.52. The molecule has 1 atom stereocenters. The molecular formula is C24H25Cl2NTi. The summed E-state index contributed by atoms with van der Waals surface area (Å²) in [6.45, 7) is 6.77. The van der Waals surface area contributed by atoms with Gasteiger partial charge in [-0.05, 0) is 0 Å². The molecule has 144 valence electrons. The van der Waals surface area contributed by atoms with E-state index in [0.29, 0.717) is 4.73 Å². The number of halogens is 2. The fourth-order valence-electron chi connectivity index (χ4n) is 4.49. The van der Waals surface area contributed by atoms with Crippen molar-refractivity contribution in [2.75, 3.05) is 0 Å². The number of fused-ring (bicyclic) bond motifs is 2. The van der Waals surface area contributed by atoms with E-state index in [1.807, 2.05) is 0 Å². The zero-order valence-electron chi connectivity index (χ0n) is 16.5. The van der Waals surface area contributed by atoms with Gasteiger partial charge < -0.3 is 0 Å². The van der Waals surface area contributed by atoms with Crippen LogP contribution in [0.1, 0.15) is 54.5 Å². The van der Waals surface area contributed by atoms with Crippen molar-refractivity contribution in [2.45, 2.75) is 36.8 Å². The van der Waals surface area contributed by atoms with Gasteiger partial charge in [0.1, 0.15) is 0 Å². The van der Waals surface area contributed by atoms with Gasteiger partial charge in [0.15, 0.2) is 0 Å². The van der Waals surface area contributed by atoms with Crippen LogP contribution >= 0.6 is 18.6 Å². The molecule has 1 unspecified atom stereocenters. The van der Waals surface area contributed by atoms with Crippen LogP contribution in [-0.4, -0.2) is 0 Å². The second-order valence-corrected chi connectivity index (χ2v) is 18.0. The average Bonchev–Trinajstić information content (AvgIpc) is 3.02. The molecule has 4 heteroatoms. The molecule has 0 saturated heterocycles. The average molecular weight is 446 g/mol. The summed E-state index contributed by atoms with van der Waals surface area (Å²) in [4.78, 5) is 0. The predicted molar refractivity (Wildman–Crippen MR) is 120 cm³/mol. The molecule has 1 aliphatic rings. The standard InChI is InChI=1S/C24H23.2ClH.H2N.Ti/c1-16-22(21-14-13-17-9-5-7-11-19(17)21)15-18-10-6-8-12-20(18)23(16)24(2,3)4;;;;/h5-15,21H,1H2,2-4H3;2*1H;1H2;/q;;;-1;+3/p-2. The van der Waals surface area contributed by atoms with Gasteiger partial charge in [-0.15, -0.1) is 0 Å². The van der Waals surface area contributed by atoms with Gasteiger partial charge in [0, 0.05) is 0 Å². The van der Waals surface area contributed by atoms with Gasteiger partial charge in [-0.1, -0.05) is 0 Å². The van der Waals surface area contributed by atoms with Crippen LogP contribution in [0.2, 0.25) is 0 Å². The van der Waals surface area contributed by atoms with Gasteiger partial charge in [0.25, 0.3) is 0 Å². The zero-order chi connectivity index (χ0) is 20.1. The van der Waals surface area contributed by atoms with Gasteiger partial charge in [-0.2, -0.15) is 0 Å². The molecule has 0 amide bonds. The van der Waals surface area contributed by atoms with E-state index < -0.39 is 14.7 Å². The summed E-state index contributed by atoms with van der Waals surface area (Å²) in [5.74, 6) is 0.204. The van der Waals surface area contributed by atoms with E-state index in [9.17, 15) is 0 Å². The number of benzene rings is 3. The summed E-state index contributed by atoms with van der Waals surface area (Å²) in [6, 6.07) is 19.5. The molecule has 4 rings (SSSR count). The fourth-order valence-corrected chi connectivity index (χ4v) is 6.93. The zero-order valence-corrected chi connectivity index (χ0v) is 19.5. The Morgan fingerprint density at radius 1 is 0.964 bits per heavy atom. The minimum atomic E-state index is -3.38. The molecule has 3 aromatic carbocycles. The van der Waals surface area contributed by atoms with Crippen LogP contribution in [0, 0.1) is 0 Å². The first-order chi connectivity index (χ1) is 13.1. The van der Waals surface area contributed by atoms with Gasteiger partial charge in [0.05, 0.1) is 0 Å². The quantitative estimate of drug-likeness (QED) is 0.426. The van der Waals surface area contributed by atoms with Crippen LogP contribution in [-0.2, 0) is 24.9 Å². The van der Waals surface area contributed by atoms with Crippen LogP contribution in [0.3, 0.4) is 0 Å². The fraction of sp³-hybridized carbons (Fsp3) is 0.250. The third-order valence-electron chi connectivity index (χ3n) is 5.49. The van der Waals surface area contributed by atoms with Crippen molar-refractivity contribution >= 4 is 35.5 Å². The van der Waals surface area contributed by atoms with Gasteiger partial charge in [-0.25, -0.2) is 0 Å². The predicted octanol–water partition coefficient (Wildman–Crippen LogP) is 7.13. The summed E-state index contributed by atoms with van der Waals surface area (Å²) in [6.07, 6.45) is 4.51. The van der Waals surface area contributed by atoms with Crippen molar-refractivity contribution in [3.8, 4) is 0 Å². The third kappa shape index (κ3) is 3.84. The number of nitrogens with two attached hydrogens (primary N) is 1. The first kappa shape index (κ1) is 20.2. The van der Waals surface area contributed by atoms with Crippen LogP contribution in [0.5, 0.6) is 0 Å². The van der Waals surface area contributed by atoms with Crippen molar-refractivity contribution < 1.29 is 14.7 Å². The molecular weight excluding hydrogens is 421 g/mol. The molecule has 0 saturated carbocycles. The van der Waals surface area contributed by atoms with E-state index in [2.05, 4.69) is 87.5 Å². The van der Waals surface area contributed by atoms with Crippen LogP contribution in [0.15, 0.2) is 60.7 Å². The summed E-state index contributed by atoms with van der Waals surface area (Å²) in [5.41, 5.74) is 6.41. The first-order valence-electron chi connectivity index (χ1n) is 9.64. The molecule has 0 heterocycles. The first-order valence-corrected chi connectivity index (χ1v) is 15.9. The van der Waals surface area contributed by atoms with Gasteiger partial charge in [0.2, 0.25) is 0 Å². The Bertz CT molecular complexity index is 1070. The van der Waals surface area contributed by atoms with Gasteiger partial charge >= 0.3 is 180 Å². The second kappa shape index (κ2) is 7.31. The Morgan fingerprint density at radius 3 is 2.36 bits per heavy atom. The molecule has 0 bridgehead atoms. The van der Waals surface area contributed by atoms with E-state index in [-0.39, 0.29) is 11.3 Å². The van der Waals surface area contributed by atoms with E-state index in [1.54, 1.807) is 0 Å². The van der Waals surface area contributed by atoms with Crippen molar-refractivity contribution in [2.24, 2.45) is 4.22 Å². The Balaban J connectivity index is 2.06.